The lowest BCUT2D eigenvalue weighted by Crippen LogP contribution is -2.20. The van der Waals surface area contributed by atoms with E-state index in [9.17, 15) is 15.0 Å². The highest BCUT2D eigenvalue weighted by atomic mass is 32.1. The number of aromatic nitrogens is 1. The van der Waals surface area contributed by atoms with Crippen LogP contribution in [0.15, 0.2) is 17.1 Å². The molecule has 0 aliphatic rings. The van der Waals surface area contributed by atoms with E-state index < -0.39 is 23.5 Å². The molecular weight excluding hydrogens is 206 g/mol. The summed E-state index contributed by atoms with van der Waals surface area (Å²) in [6.45, 7) is 0. The van der Waals surface area contributed by atoms with E-state index in [-0.39, 0.29) is 11.3 Å². The van der Waals surface area contributed by atoms with E-state index in [1.165, 1.54) is 6.20 Å². The van der Waals surface area contributed by atoms with Crippen LogP contribution in [0.3, 0.4) is 0 Å². The number of aromatic amines is 1. The van der Waals surface area contributed by atoms with Crippen molar-refractivity contribution in [3.63, 3.8) is 0 Å². The number of H-pyrrole nitrogens is 1. The van der Waals surface area contributed by atoms with E-state index in [4.69, 9.17) is 5.11 Å². The minimum Gasteiger partial charge on any atom is -0.503 e. The highest BCUT2D eigenvalue weighted by molar-refractivity contribution is 7.80. The Morgan fingerprint density at radius 3 is 2.64 bits per heavy atom. The minimum absolute atomic E-state index is 0.0844. The first-order valence-corrected chi connectivity index (χ1v) is 4.58. The average Bonchev–Trinajstić information content (AvgIpc) is 2.20. The van der Waals surface area contributed by atoms with Crippen molar-refractivity contribution in [2.45, 2.75) is 12.2 Å². The van der Waals surface area contributed by atoms with Crippen LogP contribution >= 0.6 is 12.6 Å². The van der Waals surface area contributed by atoms with E-state index in [0.29, 0.717) is 0 Å². The lowest BCUT2D eigenvalue weighted by atomic mass is 10.1. The number of pyridine rings is 1. The summed E-state index contributed by atoms with van der Waals surface area (Å²) >= 11 is 3.81. The highest BCUT2D eigenvalue weighted by Crippen LogP contribution is 2.18. The monoisotopic (exact) mass is 217 g/mol. The summed E-state index contributed by atoms with van der Waals surface area (Å²) in [5, 5.41) is 27.8. The van der Waals surface area contributed by atoms with Gasteiger partial charge in [0.1, 0.15) is 6.10 Å². The molecule has 1 rings (SSSR count). The van der Waals surface area contributed by atoms with Crippen molar-refractivity contribution in [2.24, 2.45) is 0 Å². The molecule has 0 aliphatic carbocycles. The highest BCUT2D eigenvalue weighted by Gasteiger charge is 2.17. The van der Waals surface area contributed by atoms with Gasteiger partial charge >= 0.3 is 0 Å². The van der Waals surface area contributed by atoms with E-state index in [1.807, 2.05) is 0 Å². The first-order chi connectivity index (χ1) is 6.56. The maximum absolute atomic E-state index is 10.8. The molecule has 0 aromatic carbocycles. The summed E-state index contributed by atoms with van der Waals surface area (Å²) in [5.41, 5.74) is -0.398. The van der Waals surface area contributed by atoms with Crippen LogP contribution in [0.25, 0.3) is 0 Å². The Morgan fingerprint density at radius 2 is 2.14 bits per heavy atom. The number of thiol groups is 1. The standard InChI is InChI=1S/C8H11NO4S/c10-5-1-4(2-9-8(5)13)7(12)6(11)3-14/h1-2,6-7,10-12,14H,3H2,(H,9,13). The van der Waals surface area contributed by atoms with Crippen LogP contribution in [0.5, 0.6) is 5.75 Å². The number of aromatic hydroxyl groups is 1. The van der Waals surface area contributed by atoms with E-state index in [2.05, 4.69) is 17.6 Å². The third kappa shape index (κ3) is 2.28. The molecule has 1 heterocycles. The summed E-state index contributed by atoms with van der Waals surface area (Å²) < 4.78 is 0. The molecule has 0 saturated heterocycles. The second-order valence-corrected chi connectivity index (χ2v) is 3.21. The zero-order valence-corrected chi connectivity index (χ0v) is 8.11. The maximum Gasteiger partial charge on any atom is 0.290 e. The lowest BCUT2D eigenvalue weighted by Gasteiger charge is -2.15. The molecule has 5 nitrogen and oxygen atoms in total. The molecule has 4 N–H and O–H groups in total. The van der Waals surface area contributed by atoms with Gasteiger partial charge in [-0.1, -0.05) is 0 Å². The van der Waals surface area contributed by atoms with Crippen molar-refractivity contribution in [1.82, 2.24) is 4.98 Å². The molecule has 2 unspecified atom stereocenters. The van der Waals surface area contributed by atoms with Gasteiger partial charge in [-0.25, -0.2) is 0 Å². The van der Waals surface area contributed by atoms with E-state index in [0.717, 1.165) is 6.07 Å². The van der Waals surface area contributed by atoms with Gasteiger partial charge in [0.25, 0.3) is 5.56 Å². The number of aliphatic hydroxyl groups is 2. The molecule has 14 heavy (non-hydrogen) atoms. The fourth-order valence-corrected chi connectivity index (χ4v) is 1.18. The average molecular weight is 217 g/mol. The molecule has 0 spiro atoms. The Bertz CT molecular complexity index is 365. The van der Waals surface area contributed by atoms with Gasteiger partial charge in [-0.3, -0.25) is 4.79 Å². The molecule has 6 heteroatoms. The van der Waals surface area contributed by atoms with Gasteiger partial charge in [0.15, 0.2) is 5.75 Å². The molecule has 1 aromatic rings. The molecule has 0 aliphatic heterocycles. The van der Waals surface area contributed by atoms with Gasteiger partial charge in [-0.2, -0.15) is 12.6 Å². The fourth-order valence-electron chi connectivity index (χ4n) is 0.981. The third-order valence-corrected chi connectivity index (χ3v) is 2.17. The Kier molecular flexibility index (Phi) is 3.56. The van der Waals surface area contributed by atoms with Crippen molar-refractivity contribution >= 4 is 12.6 Å². The Labute approximate surface area is 85.4 Å². The fraction of sp³-hybridized carbons (Fsp3) is 0.375. The minimum atomic E-state index is -1.17. The van der Waals surface area contributed by atoms with Crippen LogP contribution in [0.4, 0.5) is 0 Å². The zero-order chi connectivity index (χ0) is 10.7. The molecule has 1 aromatic heterocycles. The topological polar surface area (TPSA) is 93.6 Å². The van der Waals surface area contributed by atoms with Gasteiger partial charge in [0.2, 0.25) is 0 Å². The lowest BCUT2D eigenvalue weighted by molar-refractivity contribution is 0.0334. The van der Waals surface area contributed by atoms with Crippen LogP contribution in [0, 0.1) is 0 Å². The van der Waals surface area contributed by atoms with E-state index >= 15 is 0 Å². The summed E-state index contributed by atoms with van der Waals surface area (Å²) in [5.74, 6) is -0.408. The third-order valence-electron chi connectivity index (χ3n) is 1.80. The smallest absolute Gasteiger partial charge is 0.290 e. The van der Waals surface area contributed by atoms with Crippen molar-refractivity contribution in [3.05, 3.63) is 28.2 Å². The number of rotatable bonds is 3. The van der Waals surface area contributed by atoms with Crippen molar-refractivity contribution in [3.8, 4) is 5.75 Å². The molecule has 0 fully saturated rings. The summed E-state index contributed by atoms with van der Waals surface area (Å²) in [4.78, 5) is 13.0. The number of aliphatic hydroxyl groups excluding tert-OH is 2. The van der Waals surface area contributed by atoms with Crippen LogP contribution in [-0.4, -0.2) is 32.2 Å². The van der Waals surface area contributed by atoms with Crippen LogP contribution < -0.4 is 5.56 Å². The zero-order valence-electron chi connectivity index (χ0n) is 7.21. The number of hydrogen-bond donors (Lipinski definition) is 5. The maximum atomic E-state index is 10.8. The van der Waals surface area contributed by atoms with Gasteiger partial charge in [-0.15, -0.1) is 0 Å². The van der Waals surface area contributed by atoms with Crippen LogP contribution in [-0.2, 0) is 0 Å². The Morgan fingerprint density at radius 1 is 1.50 bits per heavy atom. The quantitative estimate of drug-likeness (QED) is 0.437. The molecule has 0 amide bonds. The van der Waals surface area contributed by atoms with Crippen molar-refractivity contribution < 1.29 is 15.3 Å². The van der Waals surface area contributed by atoms with Gasteiger partial charge < -0.3 is 20.3 Å². The number of nitrogens with one attached hydrogen (secondary N) is 1. The first kappa shape index (κ1) is 11.1. The summed E-state index contributed by atoms with van der Waals surface area (Å²) in [7, 11) is 0. The van der Waals surface area contributed by atoms with Gasteiger partial charge in [0, 0.05) is 17.5 Å². The second kappa shape index (κ2) is 4.50. The largest absolute Gasteiger partial charge is 0.503 e. The molecule has 0 bridgehead atoms. The van der Waals surface area contributed by atoms with E-state index in [1.54, 1.807) is 0 Å². The SMILES string of the molecule is O=c1[nH]cc(C(O)C(O)CS)cc1O. The molecular formula is C8H11NO4S. The molecule has 2 atom stereocenters. The summed E-state index contributed by atoms with van der Waals surface area (Å²) in [6.07, 6.45) is -0.974. The Hall–Kier alpha value is -0.980. The van der Waals surface area contributed by atoms with Crippen molar-refractivity contribution in [1.29, 1.82) is 0 Å². The predicted octanol–water partition coefficient (Wildman–Crippen LogP) is -0.595. The van der Waals surface area contributed by atoms with Crippen LogP contribution in [0.2, 0.25) is 0 Å². The van der Waals surface area contributed by atoms with Crippen molar-refractivity contribution in [2.75, 3.05) is 5.75 Å². The number of hydrogen-bond acceptors (Lipinski definition) is 5. The molecule has 0 radical (unpaired) electrons. The first-order valence-electron chi connectivity index (χ1n) is 3.95. The second-order valence-electron chi connectivity index (χ2n) is 2.84. The van der Waals surface area contributed by atoms with Gasteiger partial charge in [-0.05, 0) is 6.07 Å². The summed E-state index contributed by atoms with van der Waals surface area (Å²) in [6, 6.07) is 1.11. The molecule has 78 valence electrons. The predicted molar refractivity (Wildman–Crippen MR) is 53.5 cm³/mol. The molecule has 0 saturated carbocycles. The Balaban J connectivity index is 2.96. The van der Waals surface area contributed by atoms with Crippen LogP contribution in [0.1, 0.15) is 11.7 Å². The van der Waals surface area contributed by atoms with Gasteiger partial charge in [0.05, 0.1) is 6.10 Å². The normalized spacial score (nSPS) is 15.1.